The van der Waals surface area contributed by atoms with Gasteiger partial charge >= 0.3 is 0 Å². The fourth-order valence-corrected chi connectivity index (χ4v) is 6.79. The van der Waals surface area contributed by atoms with E-state index >= 15 is 0 Å². The number of aromatic nitrogens is 2. The van der Waals surface area contributed by atoms with E-state index in [4.69, 9.17) is 24.2 Å². The van der Waals surface area contributed by atoms with Crippen LogP contribution < -0.4 is 9.47 Å². The normalized spacial score (nSPS) is 15.6. The number of thiophene rings is 1. The standard InChI is InChI=1S/C36H29F2N3O4S/c1-2-32(42)41-11-9-29-23(21-41)17-22(20-39-29)34-33-26-7-5-24(37)18-30(26)45-15-14-43-12-3-4-13-44-31-19-25(38)6-8-27(31)35(40-34)28-10-16-46-36(28)33/h2-8,10,16-20H,1,9,11-15,21H2/b4-3+. The Morgan fingerprint density at radius 3 is 2.54 bits per heavy atom. The zero-order chi connectivity index (χ0) is 31.6. The van der Waals surface area contributed by atoms with Crippen molar-refractivity contribution < 1.29 is 27.8 Å². The van der Waals surface area contributed by atoms with Crippen LogP contribution in [0.15, 0.2) is 84.9 Å². The molecule has 2 aromatic carbocycles. The highest BCUT2D eigenvalue weighted by Crippen LogP contribution is 2.47. The first-order valence-electron chi connectivity index (χ1n) is 14.9. The van der Waals surface area contributed by atoms with E-state index in [2.05, 4.69) is 6.58 Å². The molecule has 3 aromatic heterocycles. The number of hydrogen-bond donors (Lipinski definition) is 0. The first kappa shape index (κ1) is 29.8. The zero-order valence-electron chi connectivity index (χ0n) is 24.8. The third-order valence-electron chi connectivity index (χ3n) is 8.02. The highest BCUT2D eigenvalue weighted by atomic mass is 32.1. The molecule has 0 radical (unpaired) electrons. The van der Waals surface area contributed by atoms with Gasteiger partial charge in [-0.3, -0.25) is 9.78 Å². The number of hydrogen-bond acceptors (Lipinski definition) is 7. The molecule has 0 unspecified atom stereocenters. The molecule has 2 bridgehead atoms. The van der Waals surface area contributed by atoms with E-state index in [1.807, 2.05) is 23.6 Å². The van der Waals surface area contributed by atoms with Crippen molar-refractivity contribution in [3.8, 4) is 45.1 Å². The van der Waals surface area contributed by atoms with Gasteiger partial charge in [-0.15, -0.1) is 11.3 Å². The Morgan fingerprint density at radius 2 is 1.72 bits per heavy atom. The number of carbonyl (C=O) groups is 1. The number of fused-ring (bicyclic) bond motifs is 5. The van der Waals surface area contributed by atoms with E-state index in [0.717, 1.165) is 26.9 Å². The molecule has 0 aliphatic carbocycles. The summed E-state index contributed by atoms with van der Waals surface area (Å²) in [7, 11) is 0. The van der Waals surface area contributed by atoms with Crippen LogP contribution in [0, 0.1) is 11.6 Å². The Balaban J connectivity index is 1.50. The van der Waals surface area contributed by atoms with Crippen molar-refractivity contribution in [2.24, 2.45) is 0 Å². The molecule has 0 atom stereocenters. The molecule has 7 nitrogen and oxygen atoms in total. The number of rotatable bonds is 2. The Labute approximate surface area is 268 Å². The number of halogens is 2. The molecule has 0 saturated heterocycles. The average molecular weight is 638 g/mol. The summed E-state index contributed by atoms with van der Waals surface area (Å²) in [4.78, 5) is 24.3. The second-order valence-electron chi connectivity index (χ2n) is 10.9. The minimum atomic E-state index is -0.433. The molecule has 1 amide bonds. The van der Waals surface area contributed by atoms with Gasteiger partial charge in [-0.1, -0.05) is 12.7 Å². The van der Waals surface area contributed by atoms with Crippen LogP contribution in [0.3, 0.4) is 0 Å². The maximum absolute atomic E-state index is 14.7. The van der Waals surface area contributed by atoms with Gasteiger partial charge in [-0.2, -0.15) is 0 Å². The van der Waals surface area contributed by atoms with Crippen molar-refractivity contribution in [1.82, 2.24) is 14.9 Å². The third-order valence-corrected chi connectivity index (χ3v) is 8.95. The van der Waals surface area contributed by atoms with Crippen molar-refractivity contribution in [1.29, 1.82) is 0 Å². The van der Waals surface area contributed by atoms with Crippen LogP contribution in [0.2, 0.25) is 0 Å². The van der Waals surface area contributed by atoms with Gasteiger partial charge < -0.3 is 19.1 Å². The number of pyridine rings is 2. The Hall–Kier alpha value is -4.93. The molecule has 46 heavy (non-hydrogen) atoms. The molecular formula is C36H29F2N3O4S. The molecule has 0 spiro atoms. The number of carbonyl (C=O) groups excluding carboxylic acids is 1. The molecule has 2 aliphatic rings. The summed E-state index contributed by atoms with van der Waals surface area (Å²) >= 11 is 1.52. The second kappa shape index (κ2) is 12.8. The first-order valence-corrected chi connectivity index (χ1v) is 15.8. The summed E-state index contributed by atoms with van der Waals surface area (Å²) in [6, 6.07) is 12.9. The molecule has 5 heterocycles. The summed E-state index contributed by atoms with van der Waals surface area (Å²) in [5.74, 6) is -0.301. The van der Waals surface area contributed by atoms with Gasteiger partial charge in [0.15, 0.2) is 0 Å². The van der Waals surface area contributed by atoms with Gasteiger partial charge in [0.1, 0.15) is 36.3 Å². The van der Waals surface area contributed by atoms with Crippen molar-refractivity contribution >= 4 is 27.3 Å². The molecule has 7 rings (SSSR count). The topological polar surface area (TPSA) is 73.8 Å². The lowest BCUT2D eigenvalue weighted by molar-refractivity contribution is -0.126. The lowest BCUT2D eigenvalue weighted by Crippen LogP contribution is -2.35. The molecule has 10 heteroatoms. The van der Waals surface area contributed by atoms with Crippen LogP contribution >= 0.6 is 11.3 Å². The van der Waals surface area contributed by atoms with Crippen LogP contribution in [0.5, 0.6) is 11.5 Å². The fraction of sp³-hybridized carbons (Fsp3) is 0.194. The Bertz CT molecular complexity index is 2010. The third kappa shape index (κ3) is 5.77. The van der Waals surface area contributed by atoms with Gasteiger partial charge in [0, 0.05) is 75.9 Å². The second-order valence-corrected chi connectivity index (χ2v) is 11.8. The summed E-state index contributed by atoms with van der Waals surface area (Å²) in [5, 5.41) is 2.79. The van der Waals surface area contributed by atoms with Crippen molar-refractivity contribution in [3.63, 3.8) is 0 Å². The predicted molar refractivity (Wildman–Crippen MR) is 174 cm³/mol. The highest BCUT2D eigenvalue weighted by molar-refractivity contribution is 7.18. The lowest BCUT2D eigenvalue weighted by atomic mass is 9.94. The molecule has 5 aromatic rings. The van der Waals surface area contributed by atoms with E-state index in [1.54, 1.807) is 29.3 Å². The van der Waals surface area contributed by atoms with Crippen LogP contribution in [0.25, 0.3) is 43.7 Å². The van der Waals surface area contributed by atoms with E-state index < -0.39 is 11.6 Å². The van der Waals surface area contributed by atoms with Crippen LogP contribution in [-0.4, -0.2) is 53.7 Å². The fourth-order valence-electron chi connectivity index (χ4n) is 5.83. The van der Waals surface area contributed by atoms with Gasteiger partial charge in [-0.25, -0.2) is 13.8 Å². The summed E-state index contributed by atoms with van der Waals surface area (Å²) < 4.78 is 48.0. The molecule has 0 fully saturated rings. The summed E-state index contributed by atoms with van der Waals surface area (Å²) in [6.45, 7) is 5.60. The maximum Gasteiger partial charge on any atom is 0.246 e. The molecular weight excluding hydrogens is 608 g/mol. The number of benzene rings is 2. The molecule has 232 valence electrons. The quantitative estimate of drug-likeness (QED) is 0.149. The van der Waals surface area contributed by atoms with Gasteiger partial charge in [-0.05, 0) is 59.5 Å². The van der Waals surface area contributed by atoms with Crippen molar-refractivity contribution in [3.05, 3.63) is 108 Å². The van der Waals surface area contributed by atoms with Crippen LogP contribution in [-0.2, 0) is 22.5 Å². The SMILES string of the molecule is C=CC(=O)N1CCc2ncc(-c3nc4c5ccsc5c3-c3ccc(F)cc3OCCOC/C=C/COc3cc(F)ccc3-4)cc2C1. The van der Waals surface area contributed by atoms with Crippen molar-refractivity contribution in [2.75, 3.05) is 33.0 Å². The minimum Gasteiger partial charge on any atom is -0.490 e. The molecule has 0 N–H and O–H groups in total. The number of amides is 1. The van der Waals surface area contributed by atoms with E-state index in [9.17, 15) is 13.6 Å². The van der Waals surface area contributed by atoms with Gasteiger partial charge in [0.25, 0.3) is 0 Å². The van der Waals surface area contributed by atoms with Gasteiger partial charge in [0.2, 0.25) is 5.91 Å². The maximum atomic E-state index is 14.7. The first-order chi connectivity index (χ1) is 22.5. The van der Waals surface area contributed by atoms with E-state index in [1.165, 1.54) is 41.7 Å². The number of ether oxygens (including phenoxy) is 3. The highest BCUT2D eigenvalue weighted by Gasteiger charge is 2.26. The molecule has 2 aliphatic heterocycles. The van der Waals surface area contributed by atoms with Crippen LogP contribution in [0.1, 0.15) is 11.3 Å². The van der Waals surface area contributed by atoms with E-state index in [0.29, 0.717) is 65.7 Å². The Morgan fingerprint density at radius 1 is 0.935 bits per heavy atom. The Kier molecular flexibility index (Phi) is 8.30. The van der Waals surface area contributed by atoms with Crippen LogP contribution in [0.4, 0.5) is 8.78 Å². The van der Waals surface area contributed by atoms with Crippen molar-refractivity contribution in [2.45, 2.75) is 13.0 Å². The lowest BCUT2D eigenvalue weighted by Gasteiger charge is -2.27. The number of nitrogens with zero attached hydrogens (tertiary/aromatic N) is 3. The smallest absolute Gasteiger partial charge is 0.246 e. The summed E-state index contributed by atoms with van der Waals surface area (Å²) in [5.41, 5.74) is 5.74. The molecule has 0 saturated carbocycles. The zero-order valence-corrected chi connectivity index (χ0v) is 25.6. The predicted octanol–water partition coefficient (Wildman–Crippen LogP) is 7.39. The van der Waals surface area contributed by atoms with Gasteiger partial charge in [0.05, 0.1) is 24.6 Å². The average Bonchev–Trinajstić information content (AvgIpc) is 3.56. The van der Waals surface area contributed by atoms with E-state index in [-0.39, 0.29) is 25.7 Å². The largest absolute Gasteiger partial charge is 0.490 e. The monoisotopic (exact) mass is 637 g/mol. The minimum absolute atomic E-state index is 0.142. The summed E-state index contributed by atoms with van der Waals surface area (Å²) in [6.07, 6.45) is 7.34.